The molecule has 0 saturated carbocycles. The third-order valence-electron chi connectivity index (χ3n) is 11.9. The maximum atomic E-state index is 14.4. The van der Waals surface area contributed by atoms with Crippen LogP contribution in [0.2, 0.25) is 0 Å². The number of aliphatic imine (C=N–C) groups is 1. The second-order valence-electron chi connectivity index (χ2n) is 18.1. The van der Waals surface area contributed by atoms with Gasteiger partial charge in [-0.2, -0.15) is 16.2 Å². The summed E-state index contributed by atoms with van der Waals surface area (Å²) in [7, 11) is 2.02. The average molecular weight is 1130 g/mol. The number of carbonyl (C=O) groups is 11. The van der Waals surface area contributed by atoms with Crippen molar-refractivity contribution in [2.24, 2.45) is 34.2 Å². The first-order valence-electron chi connectivity index (χ1n) is 25.0. The van der Waals surface area contributed by atoms with Gasteiger partial charge in [-0.3, -0.25) is 57.7 Å². The van der Waals surface area contributed by atoms with Crippen LogP contribution in [0.5, 0.6) is 0 Å². The van der Waals surface area contributed by atoms with E-state index in [2.05, 4.69) is 47.2 Å². The molecule has 0 aliphatic carbocycles. The molecular weight excluding hydrogens is 1060 g/mol. The van der Waals surface area contributed by atoms with Crippen LogP contribution in [0.1, 0.15) is 87.6 Å². The number of amides is 7. The normalized spacial score (nSPS) is 18.9. The first-order valence-corrected chi connectivity index (χ1v) is 28.9. The van der Waals surface area contributed by atoms with Crippen molar-refractivity contribution in [2.75, 3.05) is 49.7 Å². The molecule has 7 amide bonds. The summed E-state index contributed by atoms with van der Waals surface area (Å²) in [6, 6.07) is 6.20. The Morgan fingerprint density at radius 2 is 1.62 bits per heavy atom. The number of unbranched alkanes of at least 4 members (excludes halogenated alkanes) is 1. The number of carbonyl (C=O) groups excluding carboxylic acids is 10. The van der Waals surface area contributed by atoms with Crippen molar-refractivity contribution in [1.82, 2.24) is 42.2 Å². The van der Waals surface area contributed by atoms with Gasteiger partial charge >= 0.3 is 5.97 Å². The van der Waals surface area contributed by atoms with Crippen LogP contribution in [-0.4, -0.2) is 155 Å². The number of hydrogen-bond acceptors (Lipinski definition) is 16. The first kappa shape index (κ1) is 64.7. The van der Waals surface area contributed by atoms with E-state index in [1.165, 1.54) is 24.8 Å². The fourth-order valence-corrected chi connectivity index (χ4v) is 10.6. The summed E-state index contributed by atoms with van der Waals surface area (Å²) in [6.07, 6.45) is 1.38. The summed E-state index contributed by atoms with van der Waals surface area (Å²) in [5, 5.41) is 28.3. The van der Waals surface area contributed by atoms with Gasteiger partial charge in [0.05, 0.1) is 42.3 Å². The Morgan fingerprint density at radius 3 is 2.29 bits per heavy atom. The van der Waals surface area contributed by atoms with E-state index in [1.54, 1.807) is 43.5 Å². The van der Waals surface area contributed by atoms with E-state index in [4.69, 9.17) is 11.5 Å². The number of nitrogens with one attached hydrogen (secondary N) is 7. The van der Waals surface area contributed by atoms with Crippen molar-refractivity contribution < 1.29 is 62.2 Å². The van der Waals surface area contributed by atoms with Gasteiger partial charge in [-0.15, -0.1) is 0 Å². The van der Waals surface area contributed by atoms with E-state index in [9.17, 15) is 62.2 Å². The van der Waals surface area contributed by atoms with E-state index in [1.807, 2.05) is 0 Å². The lowest BCUT2D eigenvalue weighted by Crippen LogP contribution is -2.53. The van der Waals surface area contributed by atoms with Gasteiger partial charge in [-0.05, 0) is 76.3 Å². The predicted octanol–water partition coefficient (Wildman–Crippen LogP) is 0.587. The van der Waals surface area contributed by atoms with Crippen LogP contribution in [0.15, 0.2) is 53.7 Å². The SMILES string of the molecule is CCNC(=O)[C@H](C)NC(=O)[C@@H](CC(=O)[C@@H]1CSSC[C@H](NC(=O)[C@H](CCCCNC(=O)c2ccc([18F])nc2)NC(=O)CSC)C(=O)C[C@@H](CCCN=C(N)N)C(=O)NCC(=O)C[C@@H](CC(=O)O)C(=O)N1)Cc1ccccc1. The number of guanidine groups is 1. The molecule has 0 spiro atoms. The maximum Gasteiger partial charge on any atom is 0.304 e. The Bertz CT molecular complexity index is 2390. The molecule has 1 saturated heterocycles. The van der Waals surface area contributed by atoms with Crippen molar-refractivity contribution in [3.8, 4) is 0 Å². The van der Waals surface area contributed by atoms with Crippen molar-refractivity contribution in [3.05, 3.63) is 65.7 Å². The Kier molecular flexibility index (Phi) is 29.3. The molecule has 77 heavy (non-hydrogen) atoms. The van der Waals surface area contributed by atoms with E-state index >= 15 is 0 Å². The highest BCUT2D eigenvalue weighted by atomic mass is 33.1. The highest BCUT2D eigenvalue weighted by Crippen LogP contribution is 2.27. The molecule has 23 nitrogen and oxygen atoms in total. The van der Waals surface area contributed by atoms with Gasteiger partial charge in [0.25, 0.3) is 5.91 Å². The summed E-state index contributed by atoms with van der Waals surface area (Å²) in [6.45, 7) is 3.06. The molecule has 3 rings (SSSR count). The number of carboxylic acids is 1. The Balaban J connectivity index is 1.98. The zero-order valence-electron chi connectivity index (χ0n) is 43.3. The van der Waals surface area contributed by atoms with E-state index in [0.717, 1.165) is 33.9 Å². The van der Waals surface area contributed by atoms with Gasteiger partial charge in [0, 0.05) is 68.4 Å². The maximum absolute atomic E-state index is 14.4. The molecule has 422 valence electrons. The molecule has 1 fully saturated rings. The minimum atomic E-state index is -1.50. The standard InChI is InChI=1S/C50H70FN11O12S3/c1-4-54-44(69)29(2)59-47(72)33(19-30-11-6-5-7-12-30)22-40(65)37-26-76-77-27-38(62-49(74)36(60-42(66)28-75-3)14-8-9-17-55-46(71)32-15-16-41(51)57-24-32)39(64)21-31(13-10-18-56-50(52)53)45(70)58-25-35(63)20-34(23-43(67)68)48(73)61-37/h5-7,11-12,15-16,24,29,31,33-34,36-38H,4,8-10,13-14,17-23,25-28H2,1-3H3,(H,54,69)(H,55,71)(H,58,70)(H,59,72)(H,60,66)(H,61,73)(H,62,74)(H,67,68)(H4,52,53,56)/t29-,31+,33+,34-,36-,37-,38-/m0/s1/i51-1. The second-order valence-corrected chi connectivity index (χ2v) is 21.5. The number of thioether (sulfide) groups is 1. The van der Waals surface area contributed by atoms with Crippen molar-refractivity contribution in [2.45, 2.75) is 102 Å². The van der Waals surface area contributed by atoms with Crippen LogP contribution >= 0.6 is 33.3 Å². The van der Waals surface area contributed by atoms with Gasteiger partial charge in [0.15, 0.2) is 23.3 Å². The predicted molar refractivity (Wildman–Crippen MR) is 290 cm³/mol. The Hall–Kier alpha value is -6.61. The average Bonchev–Trinajstić information content (AvgIpc) is 3.38. The molecule has 0 bridgehead atoms. The van der Waals surface area contributed by atoms with Crippen molar-refractivity contribution >= 4 is 104 Å². The molecule has 7 atom stereocenters. The molecule has 1 aliphatic heterocycles. The number of halogens is 1. The lowest BCUT2D eigenvalue weighted by molar-refractivity contribution is -0.142. The van der Waals surface area contributed by atoms with E-state index < -0.39 is 145 Å². The molecule has 27 heteroatoms. The molecule has 1 aromatic heterocycles. The fourth-order valence-electron chi connectivity index (χ4n) is 7.82. The molecule has 1 aromatic carbocycles. The zero-order valence-corrected chi connectivity index (χ0v) is 45.7. The third kappa shape index (κ3) is 24.9. The molecular formula is C50H70FN11O12S3. The topological polar surface area (TPSA) is 369 Å². The van der Waals surface area contributed by atoms with E-state index in [0.29, 0.717) is 24.9 Å². The molecule has 12 N–H and O–H groups in total. The molecule has 1 aliphatic rings. The van der Waals surface area contributed by atoms with Gasteiger partial charge < -0.3 is 53.8 Å². The summed E-state index contributed by atoms with van der Waals surface area (Å²) in [4.78, 5) is 156. The molecule has 2 aromatic rings. The number of aromatic nitrogens is 1. The highest BCUT2D eigenvalue weighted by molar-refractivity contribution is 8.76. The number of rotatable bonds is 26. The quantitative estimate of drug-likeness (QED) is 0.0203. The fraction of sp³-hybridized carbons (Fsp3) is 0.540. The number of pyridine rings is 1. The zero-order chi connectivity index (χ0) is 56.9. The van der Waals surface area contributed by atoms with Crippen molar-refractivity contribution in [1.29, 1.82) is 0 Å². The van der Waals surface area contributed by atoms with Gasteiger partial charge in [0.1, 0.15) is 12.1 Å². The molecule has 0 radical (unpaired) electrons. The number of nitrogens with two attached hydrogens (primary N) is 2. The Labute approximate surface area is 458 Å². The first-order chi connectivity index (χ1) is 36.7. The van der Waals surface area contributed by atoms with Crippen LogP contribution in [0, 0.1) is 23.7 Å². The Morgan fingerprint density at radius 1 is 0.896 bits per heavy atom. The number of ketones is 3. The minimum Gasteiger partial charge on any atom is -0.481 e. The van der Waals surface area contributed by atoms with Gasteiger partial charge in [-0.25, -0.2) is 4.98 Å². The summed E-state index contributed by atoms with van der Waals surface area (Å²) in [5.41, 5.74) is 11.8. The number of Topliss-reactive ketones (excluding diaryl/α,β-unsaturated/α-hetero) is 3. The second kappa shape index (κ2) is 34.9. The highest BCUT2D eigenvalue weighted by Gasteiger charge is 2.35. The number of hydrogen-bond donors (Lipinski definition) is 10. The van der Waals surface area contributed by atoms with E-state index in [-0.39, 0.29) is 67.6 Å². The number of carboxylic acid groups (broad SMARTS) is 1. The van der Waals surface area contributed by atoms with Crippen molar-refractivity contribution in [3.63, 3.8) is 0 Å². The summed E-state index contributed by atoms with van der Waals surface area (Å²) >= 11 is 1.21. The van der Waals surface area contributed by atoms with Gasteiger partial charge in [-0.1, -0.05) is 51.9 Å². The number of nitrogens with zero attached hydrogens (tertiary/aromatic N) is 2. The molecule has 0 unspecified atom stereocenters. The summed E-state index contributed by atoms with van der Waals surface area (Å²) < 4.78 is 13.3. The van der Waals surface area contributed by atoms with Crippen LogP contribution in [0.3, 0.4) is 0 Å². The minimum absolute atomic E-state index is 0.0000700. The largest absolute Gasteiger partial charge is 0.481 e. The van der Waals surface area contributed by atoms with Crippen LogP contribution in [0.25, 0.3) is 0 Å². The monoisotopic (exact) mass is 1130 g/mol. The smallest absolute Gasteiger partial charge is 0.304 e. The van der Waals surface area contributed by atoms with Gasteiger partial charge in [0.2, 0.25) is 41.4 Å². The third-order valence-corrected chi connectivity index (χ3v) is 14.9. The van der Waals surface area contributed by atoms with Crippen LogP contribution in [-0.2, 0) is 54.4 Å². The number of benzene rings is 1. The molecule has 2 heterocycles. The number of likely N-dealkylation sites (N-methyl/N-ethyl adjacent to an activating group) is 1. The lowest BCUT2D eigenvalue weighted by atomic mass is 9.91. The van der Waals surface area contributed by atoms with Crippen LogP contribution in [0.4, 0.5) is 4.39 Å². The van der Waals surface area contributed by atoms with Crippen LogP contribution < -0.4 is 48.7 Å². The summed E-state index contributed by atoms with van der Waals surface area (Å²) in [5.74, 6) is -13.0. The lowest BCUT2D eigenvalue weighted by Gasteiger charge is -2.25. The number of aliphatic carboxylic acids is 1.